The molecule has 0 fully saturated rings. The van der Waals surface area contributed by atoms with E-state index < -0.39 is 14.9 Å². The van der Waals surface area contributed by atoms with Gasteiger partial charge >= 0.3 is 0 Å². The van der Waals surface area contributed by atoms with Crippen LogP contribution in [-0.4, -0.2) is 46.2 Å². The third-order valence-corrected chi connectivity index (χ3v) is 6.15. The molecule has 0 aliphatic heterocycles. The fourth-order valence-corrected chi connectivity index (χ4v) is 4.13. The first kappa shape index (κ1) is 21.3. The van der Waals surface area contributed by atoms with Gasteiger partial charge in [0.2, 0.25) is 10.0 Å². The summed E-state index contributed by atoms with van der Waals surface area (Å²) in [5.41, 5.74) is 1.58. The SMILES string of the molecule is O=[N+]([O-])c1ccc(S(=O)(=O)NCCNc2ncnc3c2cnn3Cc2ccccc2)cc1. The van der Waals surface area contributed by atoms with E-state index in [9.17, 15) is 18.5 Å². The predicted molar refractivity (Wildman–Crippen MR) is 118 cm³/mol. The highest BCUT2D eigenvalue weighted by molar-refractivity contribution is 7.89. The Balaban J connectivity index is 1.38. The van der Waals surface area contributed by atoms with Crippen LogP contribution in [0.2, 0.25) is 0 Å². The van der Waals surface area contributed by atoms with E-state index in [0.29, 0.717) is 18.0 Å². The second kappa shape index (κ2) is 9.08. The average Bonchev–Trinajstić information content (AvgIpc) is 3.21. The maximum Gasteiger partial charge on any atom is 0.269 e. The van der Waals surface area contributed by atoms with Gasteiger partial charge in [-0.05, 0) is 17.7 Å². The second-order valence-electron chi connectivity index (χ2n) is 6.82. The zero-order valence-corrected chi connectivity index (χ0v) is 17.6. The van der Waals surface area contributed by atoms with Gasteiger partial charge in [-0.2, -0.15) is 5.10 Å². The molecule has 0 amide bonds. The van der Waals surface area contributed by atoms with Crippen LogP contribution in [0.25, 0.3) is 11.0 Å². The smallest absolute Gasteiger partial charge is 0.269 e. The van der Waals surface area contributed by atoms with E-state index in [-0.39, 0.29) is 23.7 Å². The van der Waals surface area contributed by atoms with Gasteiger partial charge in [-0.3, -0.25) is 10.1 Å². The molecule has 0 saturated carbocycles. The summed E-state index contributed by atoms with van der Waals surface area (Å²) in [5.74, 6) is 0.545. The number of nitrogens with one attached hydrogen (secondary N) is 2. The lowest BCUT2D eigenvalue weighted by Crippen LogP contribution is -2.29. The van der Waals surface area contributed by atoms with Crippen molar-refractivity contribution in [3.8, 4) is 0 Å². The van der Waals surface area contributed by atoms with Crippen molar-refractivity contribution in [1.82, 2.24) is 24.5 Å². The number of anilines is 1. The van der Waals surface area contributed by atoms with Crippen LogP contribution >= 0.6 is 0 Å². The number of nitro benzene ring substituents is 1. The maximum atomic E-state index is 12.4. The highest BCUT2D eigenvalue weighted by Crippen LogP contribution is 2.19. The summed E-state index contributed by atoms with van der Waals surface area (Å²) in [7, 11) is -3.79. The molecule has 0 aliphatic carbocycles. The summed E-state index contributed by atoms with van der Waals surface area (Å²) in [6.45, 7) is 0.918. The molecule has 11 nitrogen and oxygen atoms in total. The molecule has 4 aromatic rings. The highest BCUT2D eigenvalue weighted by atomic mass is 32.2. The van der Waals surface area contributed by atoms with Crippen LogP contribution in [0.1, 0.15) is 5.56 Å². The number of nitrogens with zero attached hydrogens (tertiary/aromatic N) is 5. The number of hydrogen-bond acceptors (Lipinski definition) is 8. The van der Waals surface area contributed by atoms with Crippen LogP contribution in [0.4, 0.5) is 11.5 Å². The van der Waals surface area contributed by atoms with Crippen molar-refractivity contribution >= 4 is 32.6 Å². The van der Waals surface area contributed by atoms with E-state index in [2.05, 4.69) is 25.1 Å². The minimum Gasteiger partial charge on any atom is -0.368 e. The average molecular weight is 453 g/mol. The van der Waals surface area contributed by atoms with Gasteiger partial charge in [0.05, 0.1) is 27.9 Å². The molecule has 2 heterocycles. The predicted octanol–water partition coefficient (Wildman–Crippen LogP) is 2.17. The first-order chi connectivity index (χ1) is 15.4. The lowest BCUT2D eigenvalue weighted by atomic mass is 10.2. The van der Waals surface area contributed by atoms with Gasteiger partial charge in [0, 0.05) is 25.2 Å². The summed E-state index contributed by atoms with van der Waals surface area (Å²) in [6, 6.07) is 14.6. The normalized spacial score (nSPS) is 11.5. The second-order valence-corrected chi connectivity index (χ2v) is 8.59. The molecule has 12 heteroatoms. The fourth-order valence-electron chi connectivity index (χ4n) is 3.10. The molecule has 0 bridgehead atoms. The summed E-state index contributed by atoms with van der Waals surface area (Å²) < 4.78 is 29.0. The molecule has 0 aliphatic rings. The molecular formula is C20H19N7O4S. The Hall–Kier alpha value is -3.90. The molecule has 32 heavy (non-hydrogen) atoms. The molecule has 0 saturated heterocycles. The molecule has 0 radical (unpaired) electrons. The number of non-ortho nitro benzene ring substituents is 1. The molecule has 0 spiro atoms. The zero-order chi connectivity index (χ0) is 22.6. The number of sulfonamides is 1. The van der Waals surface area contributed by atoms with Gasteiger partial charge in [-0.15, -0.1) is 0 Å². The summed E-state index contributed by atoms with van der Waals surface area (Å²) in [4.78, 5) is 18.6. The summed E-state index contributed by atoms with van der Waals surface area (Å²) in [6.07, 6.45) is 3.09. The topological polar surface area (TPSA) is 145 Å². The van der Waals surface area contributed by atoms with E-state index in [1.165, 1.54) is 18.5 Å². The number of nitro groups is 1. The Bertz CT molecular complexity index is 1340. The van der Waals surface area contributed by atoms with Crippen LogP contribution < -0.4 is 10.0 Å². The van der Waals surface area contributed by atoms with E-state index in [1.54, 1.807) is 10.9 Å². The minimum absolute atomic E-state index is 0.0466. The molecule has 4 rings (SSSR count). The van der Waals surface area contributed by atoms with Crippen molar-refractivity contribution < 1.29 is 13.3 Å². The first-order valence-corrected chi connectivity index (χ1v) is 11.1. The molecular weight excluding hydrogens is 434 g/mol. The lowest BCUT2D eigenvalue weighted by Gasteiger charge is -2.09. The van der Waals surface area contributed by atoms with Crippen molar-refractivity contribution in [2.75, 3.05) is 18.4 Å². The Morgan fingerprint density at radius 2 is 1.75 bits per heavy atom. The van der Waals surface area contributed by atoms with Crippen molar-refractivity contribution in [3.05, 3.63) is 82.8 Å². The highest BCUT2D eigenvalue weighted by Gasteiger charge is 2.15. The Morgan fingerprint density at radius 3 is 2.47 bits per heavy atom. The van der Waals surface area contributed by atoms with Gasteiger partial charge in [0.1, 0.15) is 12.1 Å². The minimum atomic E-state index is -3.79. The van der Waals surface area contributed by atoms with E-state index in [1.807, 2.05) is 30.3 Å². The summed E-state index contributed by atoms with van der Waals surface area (Å²) >= 11 is 0. The van der Waals surface area contributed by atoms with Crippen molar-refractivity contribution in [2.45, 2.75) is 11.4 Å². The fraction of sp³-hybridized carbons (Fsp3) is 0.150. The van der Waals surface area contributed by atoms with Crippen LogP contribution in [0.15, 0.2) is 72.0 Å². The first-order valence-electron chi connectivity index (χ1n) is 9.62. The molecule has 2 aromatic heterocycles. The van der Waals surface area contributed by atoms with Crippen molar-refractivity contribution in [1.29, 1.82) is 0 Å². The zero-order valence-electron chi connectivity index (χ0n) is 16.7. The number of benzene rings is 2. The van der Waals surface area contributed by atoms with E-state index >= 15 is 0 Å². The van der Waals surface area contributed by atoms with Gasteiger partial charge in [-0.25, -0.2) is 27.8 Å². The van der Waals surface area contributed by atoms with E-state index in [4.69, 9.17) is 0 Å². The van der Waals surface area contributed by atoms with Crippen LogP contribution in [-0.2, 0) is 16.6 Å². The molecule has 0 unspecified atom stereocenters. The van der Waals surface area contributed by atoms with Gasteiger partial charge in [-0.1, -0.05) is 30.3 Å². The van der Waals surface area contributed by atoms with Crippen LogP contribution in [0, 0.1) is 10.1 Å². The van der Waals surface area contributed by atoms with E-state index in [0.717, 1.165) is 23.1 Å². The quantitative estimate of drug-likeness (QED) is 0.223. The number of fused-ring (bicyclic) bond motifs is 1. The molecule has 2 N–H and O–H groups in total. The van der Waals surface area contributed by atoms with Crippen LogP contribution in [0.5, 0.6) is 0 Å². The van der Waals surface area contributed by atoms with Crippen LogP contribution in [0.3, 0.4) is 0 Å². The Morgan fingerprint density at radius 1 is 1.00 bits per heavy atom. The third kappa shape index (κ3) is 4.71. The number of aromatic nitrogens is 4. The Labute approximate surface area is 183 Å². The monoisotopic (exact) mass is 453 g/mol. The number of rotatable bonds is 9. The van der Waals surface area contributed by atoms with Gasteiger partial charge in [0.15, 0.2) is 5.65 Å². The number of hydrogen-bond donors (Lipinski definition) is 2. The Kier molecular flexibility index (Phi) is 6.05. The van der Waals surface area contributed by atoms with Gasteiger partial charge in [0.25, 0.3) is 5.69 Å². The summed E-state index contributed by atoms with van der Waals surface area (Å²) in [5, 5.41) is 18.9. The third-order valence-electron chi connectivity index (χ3n) is 4.68. The lowest BCUT2D eigenvalue weighted by molar-refractivity contribution is -0.384. The molecule has 164 valence electrons. The van der Waals surface area contributed by atoms with Gasteiger partial charge < -0.3 is 5.32 Å². The maximum absolute atomic E-state index is 12.4. The van der Waals surface area contributed by atoms with Crippen molar-refractivity contribution in [2.24, 2.45) is 0 Å². The molecule has 0 atom stereocenters. The molecule has 2 aromatic carbocycles. The van der Waals surface area contributed by atoms with Crippen molar-refractivity contribution in [3.63, 3.8) is 0 Å². The standard InChI is InChI=1S/C20H19N7O4S/c28-27(29)16-6-8-17(9-7-16)32(30,31)25-11-10-21-19-18-12-24-26(20(18)23-14-22-19)13-15-4-2-1-3-5-15/h1-9,12,14,25H,10-11,13H2,(H,21,22,23). The largest absolute Gasteiger partial charge is 0.368 e.